The maximum Gasteiger partial charge on any atom is 0.275 e. The highest BCUT2D eigenvalue weighted by molar-refractivity contribution is 6.17. The Labute approximate surface area is 168 Å². The predicted octanol–water partition coefficient (Wildman–Crippen LogP) is 3.47. The lowest BCUT2D eigenvalue weighted by atomic mass is 10.1. The van der Waals surface area contributed by atoms with Gasteiger partial charge in [-0.25, -0.2) is 0 Å². The number of nitrogens with zero attached hydrogens (tertiary/aromatic N) is 3. The van der Waals surface area contributed by atoms with Gasteiger partial charge in [0.1, 0.15) is 5.52 Å². The number of rotatable bonds is 5. The summed E-state index contributed by atoms with van der Waals surface area (Å²) in [4.78, 5) is 30.6. The van der Waals surface area contributed by atoms with Gasteiger partial charge in [-0.2, -0.15) is 0 Å². The van der Waals surface area contributed by atoms with Crippen molar-refractivity contribution in [2.24, 2.45) is 13.0 Å². The molecule has 0 atom stereocenters. The van der Waals surface area contributed by atoms with Crippen LogP contribution in [0.2, 0.25) is 0 Å². The standard InChI is InChI=1S/C23H24N4O2/c1-15(2)13-27-14-18(22(28)25-12-16-8-6-7-11-24-16)20-17-9-4-5-10-19(17)26(3)21(20)23(27)29/h4-11,14-15H,12-13H2,1-3H3,(H,25,28). The second-order valence-electron chi connectivity index (χ2n) is 7.70. The Hall–Kier alpha value is -3.41. The highest BCUT2D eigenvalue weighted by Crippen LogP contribution is 2.29. The third kappa shape index (κ3) is 3.42. The van der Waals surface area contributed by atoms with Gasteiger partial charge in [-0.1, -0.05) is 38.1 Å². The number of fused-ring (bicyclic) bond motifs is 3. The van der Waals surface area contributed by atoms with Gasteiger partial charge in [-0.05, 0) is 24.1 Å². The first-order chi connectivity index (χ1) is 14.0. The number of para-hydroxylation sites is 1. The highest BCUT2D eigenvalue weighted by Gasteiger charge is 2.21. The molecule has 0 aliphatic rings. The molecule has 3 heterocycles. The first kappa shape index (κ1) is 18.9. The molecule has 1 N–H and O–H groups in total. The zero-order chi connectivity index (χ0) is 20.5. The SMILES string of the molecule is CC(C)Cn1cc(C(=O)NCc2ccccn2)c2c3ccccc3n(C)c2c1=O. The first-order valence-electron chi connectivity index (χ1n) is 9.76. The van der Waals surface area contributed by atoms with Crippen molar-refractivity contribution in [2.75, 3.05) is 0 Å². The third-order valence-electron chi connectivity index (χ3n) is 5.09. The van der Waals surface area contributed by atoms with Gasteiger partial charge in [0, 0.05) is 42.3 Å². The molecule has 0 aliphatic carbocycles. The molecule has 4 rings (SSSR count). The van der Waals surface area contributed by atoms with E-state index in [-0.39, 0.29) is 17.4 Å². The summed E-state index contributed by atoms with van der Waals surface area (Å²) in [6, 6.07) is 13.4. The Balaban J connectivity index is 1.89. The Morgan fingerprint density at radius 1 is 1.14 bits per heavy atom. The smallest absolute Gasteiger partial charge is 0.275 e. The average molecular weight is 388 g/mol. The third-order valence-corrected chi connectivity index (χ3v) is 5.09. The lowest BCUT2D eigenvalue weighted by Gasteiger charge is -2.13. The predicted molar refractivity (Wildman–Crippen MR) is 115 cm³/mol. The van der Waals surface area contributed by atoms with Crippen molar-refractivity contribution in [3.05, 3.63) is 76.5 Å². The Kier molecular flexibility index (Phi) is 4.92. The number of aromatic nitrogens is 3. The Morgan fingerprint density at radius 2 is 1.90 bits per heavy atom. The minimum Gasteiger partial charge on any atom is -0.346 e. The second-order valence-corrected chi connectivity index (χ2v) is 7.70. The second kappa shape index (κ2) is 7.54. The van der Waals surface area contributed by atoms with Crippen LogP contribution < -0.4 is 10.9 Å². The molecule has 1 aromatic carbocycles. The summed E-state index contributed by atoms with van der Waals surface area (Å²) in [6.07, 6.45) is 3.40. The number of amides is 1. The van der Waals surface area contributed by atoms with E-state index in [1.807, 2.05) is 54.1 Å². The number of pyridine rings is 2. The maximum atomic E-state index is 13.2. The molecular weight excluding hydrogens is 364 g/mol. The molecule has 0 spiro atoms. The summed E-state index contributed by atoms with van der Waals surface area (Å²) < 4.78 is 3.54. The van der Waals surface area contributed by atoms with Crippen molar-refractivity contribution in [3.63, 3.8) is 0 Å². The van der Waals surface area contributed by atoms with E-state index in [0.29, 0.717) is 29.6 Å². The molecule has 0 saturated heterocycles. The van der Waals surface area contributed by atoms with E-state index in [1.165, 1.54) is 0 Å². The van der Waals surface area contributed by atoms with Gasteiger partial charge >= 0.3 is 0 Å². The number of nitrogens with one attached hydrogen (secondary N) is 1. The van der Waals surface area contributed by atoms with Crippen molar-refractivity contribution in [1.82, 2.24) is 19.4 Å². The fourth-order valence-electron chi connectivity index (χ4n) is 3.80. The number of hydrogen-bond acceptors (Lipinski definition) is 3. The Bertz CT molecular complexity index is 1250. The maximum absolute atomic E-state index is 13.2. The topological polar surface area (TPSA) is 68.9 Å². The van der Waals surface area contributed by atoms with E-state index in [2.05, 4.69) is 24.1 Å². The van der Waals surface area contributed by atoms with E-state index in [0.717, 1.165) is 16.6 Å². The van der Waals surface area contributed by atoms with Crippen molar-refractivity contribution in [3.8, 4) is 0 Å². The van der Waals surface area contributed by atoms with E-state index >= 15 is 0 Å². The van der Waals surface area contributed by atoms with Gasteiger partial charge in [-0.15, -0.1) is 0 Å². The summed E-state index contributed by atoms with van der Waals surface area (Å²) in [5.41, 5.74) is 2.70. The summed E-state index contributed by atoms with van der Waals surface area (Å²) in [5, 5.41) is 4.56. The van der Waals surface area contributed by atoms with E-state index in [4.69, 9.17) is 0 Å². The van der Waals surface area contributed by atoms with Crippen molar-refractivity contribution in [2.45, 2.75) is 26.9 Å². The van der Waals surface area contributed by atoms with Gasteiger partial charge in [0.15, 0.2) is 0 Å². The van der Waals surface area contributed by atoms with Gasteiger partial charge in [-0.3, -0.25) is 14.6 Å². The molecule has 148 valence electrons. The molecule has 1 amide bonds. The number of carbonyl (C=O) groups is 1. The molecule has 6 nitrogen and oxygen atoms in total. The fraction of sp³-hybridized carbons (Fsp3) is 0.261. The molecule has 3 aromatic heterocycles. The molecular formula is C23H24N4O2. The van der Waals surface area contributed by atoms with Gasteiger partial charge < -0.3 is 14.5 Å². The fourth-order valence-corrected chi connectivity index (χ4v) is 3.80. The first-order valence-corrected chi connectivity index (χ1v) is 9.76. The lowest BCUT2D eigenvalue weighted by molar-refractivity contribution is 0.0951. The van der Waals surface area contributed by atoms with E-state index in [1.54, 1.807) is 17.0 Å². The molecule has 29 heavy (non-hydrogen) atoms. The Morgan fingerprint density at radius 3 is 2.62 bits per heavy atom. The van der Waals surface area contributed by atoms with Crippen LogP contribution in [0.4, 0.5) is 0 Å². The summed E-state index contributed by atoms with van der Waals surface area (Å²) in [7, 11) is 1.88. The largest absolute Gasteiger partial charge is 0.346 e. The van der Waals surface area contributed by atoms with Crippen LogP contribution >= 0.6 is 0 Å². The zero-order valence-electron chi connectivity index (χ0n) is 16.8. The van der Waals surface area contributed by atoms with Crippen LogP contribution in [0.1, 0.15) is 29.9 Å². The van der Waals surface area contributed by atoms with Crippen LogP contribution in [0.15, 0.2) is 59.7 Å². The zero-order valence-corrected chi connectivity index (χ0v) is 16.8. The monoisotopic (exact) mass is 388 g/mol. The quantitative estimate of drug-likeness (QED) is 0.569. The molecule has 0 fully saturated rings. The number of carbonyl (C=O) groups excluding carboxylic acids is 1. The van der Waals surface area contributed by atoms with Crippen LogP contribution in [0.25, 0.3) is 21.8 Å². The van der Waals surface area contributed by atoms with Gasteiger partial charge in [0.05, 0.1) is 17.8 Å². The normalized spacial score (nSPS) is 11.4. The number of aryl methyl sites for hydroxylation is 1. The van der Waals surface area contributed by atoms with Crippen molar-refractivity contribution in [1.29, 1.82) is 0 Å². The van der Waals surface area contributed by atoms with Crippen LogP contribution in [-0.2, 0) is 20.1 Å². The van der Waals surface area contributed by atoms with Crippen molar-refractivity contribution < 1.29 is 4.79 Å². The van der Waals surface area contributed by atoms with Crippen LogP contribution in [0.5, 0.6) is 0 Å². The van der Waals surface area contributed by atoms with Crippen LogP contribution in [0.3, 0.4) is 0 Å². The lowest BCUT2D eigenvalue weighted by Crippen LogP contribution is -2.29. The van der Waals surface area contributed by atoms with Crippen molar-refractivity contribution >= 4 is 27.7 Å². The molecule has 6 heteroatoms. The molecule has 0 radical (unpaired) electrons. The molecule has 0 unspecified atom stereocenters. The molecule has 0 aliphatic heterocycles. The average Bonchev–Trinajstić information content (AvgIpc) is 3.02. The van der Waals surface area contributed by atoms with E-state index in [9.17, 15) is 9.59 Å². The highest BCUT2D eigenvalue weighted by atomic mass is 16.2. The number of hydrogen-bond donors (Lipinski definition) is 1. The molecule has 0 saturated carbocycles. The molecule has 4 aromatic rings. The van der Waals surface area contributed by atoms with E-state index < -0.39 is 0 Å². The van der Waals surface area contributed by atoms with Crippen LogP contribution in [0, 0.1) is 5.92 Å². The summed E-state index contributed by atoms with van der Waals surface area (Å²) >= 11 is 0. The minimum atomic E-state index is -0.213. The minimum absolute atomic E-state index is 0.0753. The molecule has 0 bridgehead atoms. The summed E-state index contributed by atoms with van der Waals surface area (Å²) in [6.45, 7) is 4.99. The summed E-state index contributed by atoms with van der Waals surface area (Å²) in [5.74, 6) is 0.0683. The van der Waals surface area contributed by atoms with Gasteiger partial charge in [0.2, 0.25) is 0 Å². The van der Waals surface area contributed by atoms with Gasteiger partial charge in [0.25, 0.3) is 11.5 Å². The number of benzene rings is 1. The van der Waals surface area contributed by atoms with Crippen LogP contribution in [-0.4, -0.2) is 20.0 Å².